The number of ether oxygens (including phenoxy) is 2. The summed E-state index contributed by atoms with van der Waals surface area (Å²) in [7, 11) is 0. The van der Waals surface area contributed by atoms with Gasteiger partial charge in [0.05, 0.1) is 0 Å². The quantitative estimate of drug-likeness (QED) is 0.674. The maximum Gasteiger partial charge on any atom is 0.161 e. The molecule has 0 N–H and O–H groups in total. The lowest BCUT2D eigenvalue weighted by atomic mass is 10.2. The molecule has 0 bridgehead atoms. The van der Waals surface area contributed by atoms with Crippen molar-refractivity contribution in [2.24, 2.45) is 0 Å². The van der Waals surface area contributed by atoms with Gasteiger partial charge in [0, 0.05) is 0 Å². The topological polar surface area (TPSA) is 18.5 Å². The van der Waals surface area contributed by atoms with Gasteiger partial charge in [0.2, 0.25) is 0 Å². The van der Waals surface area contributed by atoms with Crippen LogP contribution in [0.15, 0.2) is 23.8 Å². The average Bonchev–Trinajstić information content (AvgIpc) is 3.02. The second-order valence-electron chi connectivity index (χ2n) is 3.71. The molecule has 2 nitrogen and oxygen atoms in total. The molecule has 1 aromatic rings. The summed E-state index contributed by atoms with van der Waals surface area (Å²) in [6.07, 6.45) is 4.75. The molecule has 0 amide bonds. The second-order valence-corrected chi connectivity index (χ2v) is 3.71. The van der Waals surface area contributed by atoms with Crippen LogP contribution in [0, 0.1) is 0 Å². The Morgan fingerprint density at radius 2 is 1.79 bits per heavy atom. The third-order valence-corrected chi connectivity index (χ3v) is 2.48. The average molecular weight is 188 g/mol. The summed E-state index contributed by atoms with van der Waals surface area (Å²) >= 11 is 0. The SMILES string of the molecule is C(=C1CC1)c1ccc2c(c1)OCCO2. The molecule has 72 valence electrons. The van der Waals surface area contributed by atoms with Crippen molar-refractivity contribution in [3.05, 3.63) is 29.3 Å². The van der Waals surface area contributed by atoms with E-state index in [0.29, 0.717) is 13.2 Å². The Labute approximate surface area is 83.1 Å². The van der Waals surface area contributed by atoms with Gasteiger partial charge in [0.1, 0.15) is 13.2 Å². The fourth-order valence-electron chi connectivity index (χ4n) is 1.60. The number of benzene rings is 1. The lowest BCUT2D eigenvalue weighted by molar-refractivity contribution is 0.171. The van der Waals surface area contributed by atoms with Gasteiger partial charge in [-0.3, -0.25) is 0 Å². The van der Waals surface area contributed by atoms with E-state index in [0.717, 1.165) is 11.5 Å². The highest BCUT2D eigenvalue weighted by atomic mass is 16.6. The molecule has 1 aliphatic heterocycles. The molecule has 1 saturated carbocycles. The van der Waals surface area contributed by atoms with Crippen LogP contribution in [-0.2, 0) is 0 Å². The van der Waals surface area contributed by atoms with E-state index in [1.54, 1.807) is 0 Å². The molecular weight excluding hydrogens is 176 g/mol. The van der Waals surface area contributed by atoms with Crippen molar-refractivity contribution in [3.63, 3.8) is 0 Å². The number of rotatable bonds is 1. The van der Waals surface area contributed by atoms with Crippen LogP contribution >= 0.6 is 0 Å². The smallest absolute Gasteiger partial charge is 0.161 e. The third kappa shape index (κ3) is 1.48. The minimum absolute atomic E-state index is 0.660. The molecule has 0 unspecified atom stereocenters. The molecule has 0 saturated heterocycles. The first-order valence-electron chi connectivity index (χ1n) is 5.01. The first kappa shape index (κ1) is 7.92. The maximum absolute atomic E-state index is 5.51. The normalized spacial score (nSPS) is 17.9. The predicted octanol–water partition coefficient (Wildman–Crippen LogP) is 2.64. The van der Waals surface area contributed by atoms with Crippen LogP contribution in [0.1, 0.15) is 18.4 Å². The molecule has 3 rings (SSSR count). The highest BCUT2D eigenvalue weighted by Crippen LogP contribution is 2.34. The molecule has 1 fully saturated rings. The monoisotopic (exact) mass is 188 g/mol. The van der Waals surface area contributed by atoms with Gasteiger partial charge in [-0.25, -0.2) is 0 Å². The Hall–Kier alpha value is -1.44. The molecule has 14 heavy (non-hydrogen) atoms. The molecular formula is C12H12O2. The number of hydrogen-bond acceptors (Lipinski definition) is 2. The molecule has 0 atom stereocenters. The van der Waals surface area contributed by atoms with Crippen molar-refractivity contribution in [1.82, 2.24) is 0 Å². The van der Waals surface area contributed by atoms with Gasteiger partial charge < -0.3 is 9.47 Å². The van der Waals surface area contributed by atoms with Gasteiger partial charge in [-0.15, -0.1) is 0 Å². The van der Waals surface area contributed by atoms with Gasteiger partial charge in [-0.1, -0.05) is 17.7 Å². The number of hydrogen-bond donors (Lipinski definition) is 0. The fourth-order valence-corrected chi connectivity index (χ4v) is 1.60. The lowest BCUT2D eigenvalue weighted by Gasteiger charge is -2.18. The van der Waals surface area contributed by atoms with Gasteiger partial charge in [-0.2, -0.15) is 0 Å². The minimum Gasteiger partial charge on any atom is -0.486 e. The van der Waals surface area contributed by atoms with Crippen LogP contribution in [-0.4, -0.2) is 13.2 Å². The van der Waals surface area contributed by atoms with E-state index in [1.807, 2.05) is 6.07 Å². The van der Waals surface area contributed by atoms with Crippen LogP contribution in [0.2, 0.25) is 0 Å². The van der Waals surface area contributed by atoms with E-state index in [2.05, 4.69) is 18.2 Å². The summed E-state index contributed by atoms with van der Waals surface area (Å²) in [4.78, 5) is 0. The molecule has 1 heterocycles. The van der Waals surface area contributed by atoms with Crippen LogP contribution in [0.25, 0.3) is 6.08 Å². The molecule has 0 radical (unpaired) electrons. The predicted molar refractivity (Wildman–Crippen MR) is 54.6 cm³/mol. The first-order chi connectivity index (χ1) is 6.92. The minimum atomic E-state index is 0.660. The summed E-state index contributed by atoms with van der Waals surface area (Å²) < 4.78 is 11.0. The standard InChI is InChI=1S/C12H12O2/c1-2-9(1)7-10-3-4-11-12(8-10)14-6-5-13-11/h3-4,7-8H,1-2,5-6H2. The summed E-state index contributed by atoms with van der Waals surface area (Å²) in [5, 5.41) is 0. The van der Waals surface area contributed by atoms with Gasteiger partial charge in [-0.05, 0) is 30.5 Å². The Morgan fingerprint density at radius 3 is 2.57 bits per heavy atom. The van der Waals surface area contributed by atoms with Gasteiger partial charge in [0.25, 0.3) is 0 Å². The van der Waals surface area contributed by atoms with Crippen LogP contribution in [0.3, 0.4) is 0 Å². The van der Waals surface area contributed by atoms with Crippen LogP contribution in [0.4, 0.5) is 0 Å². The zero-order valence-electron chi connectivity index (χ0n) is 7.95. The maximum atomic E-state index is 5.51. The van der Waals surface area contributed by atoms with E-state index in [9.17, 15) is 0 Å². The highest BCUT2D eigenvalue weighted by molar-refractivity contribution is 5.60. The first-order valence-corrected chi connectivity index (χ1v) is 5.01. The molecule has 0 aromatic heterocycles. The molecule has 2 heteroatoms. The van der Waals surface area contributed by atoms with Crippen molar-refractivity contribution in [2.75, 3.05) is 13.2 Å². The Morgan fingerprint density at radius 1 is 1.00 bits per heavy atom. The van der Waals surface area contributed by atoms with Crippen molar-refractivity contribution in [2.45, 2.75) is 12.8 Å². The van der Waals surface area contributed by atoms with Crippen molar-refractivity contribution < 1.29 is 9.47 Å². The largest absolute Gasteiger partial charge is 0.486 e. The lowest BCUT2D eigenvalue weighted by Crippen LogP contribution is -2.15. The summed E-state index contributed by atoms with van der Waals surface area (Å²) in [6.45, 7) is 1.32. The van der Waals surface area contributed by atoms with Crippen molar-refractivity contribution in [1.29, 1.82) is 0 Å². The summed E-state index contributed by atoms with van der Waals surface area (Å²) in [5.41, 5.74) is 2.75. The van der Waals surface area contributed by atoms with E-state index >= 15 is 0 Å². The third-order valence-electron chi connectivity index (χ3n) is 2.48. The van der Waals surface area contributed by atoms with Crippen LogP contribution < -0.4 is 9.47 Å². The fraction of sp³-hybridized carbons (Fsp3) is 0.333. The molecule has 0 spiro atoms. The van der Waals surface area contributed by atoms with E-state index in [1.165, 1.54) is 24.0 Å². The van der Waals surface area contributed by atoms with Crippen molar-refractivity contribution in [3.8, 4) is 11.5 Å². The zero-order chi connectivity index (χ0) is 9.38. The number of fused-ring (bicyclic) bond motifs is 1. The van der Waals surface area contributed by atoms with Crippen LogP contribution in [0.5, 0.6) is 11.5 Å². The molecule has 1 aliphatic carbocycles. The van der Waals surface area contributed by atoms with E-state index in [4.69, 9.17) is 9.47 Å². The summed E-state index contributed by atoms with van der Waals surface area (Å²) in [6, 6.07) is 6.13. The molecule has 2 aliphatic rings. The molecule has 1 aromatic carbocycles. The van der Waals surface area contributed by atoms with E-state index in [-0.39, 0.29) is 0 Å². The number of allylic oxidation sites excluding steroid dienone is 1. The zero-order valence-corrected chi connectivity index (χ0v) is 7.95. The summed E-state index contributed by atoms with van der Waals surface area (Å²) in [5.74, 6) is 1.75. The highest BCUT2D eigenvalue weighted by Gasteiger charge is 2.13. The van der Waals surface area contributed by atoms with Gasteiger partial charge in [0.15, 0.2) is 11.5 Å². The van der Waals surface area contributed by atoms with E-state index < -0.39 is 0 Å². The van der Waals surface area contributed by atoms with Gasteiger partial charge >= 0.3 is 0 Å². The van der Waals surface area contributed by atoms with Crippen molar-refractivity contribution >= 4 is 6.08 Å². The Balaban J connectivity index is 1.96. The Kier molecular flexibility index (Phi) is 1.72. The second kappa shape index (κ2) is 3.05. The Bertz CT molecular complexity index is 387.